The van der Waals surface area contributed by atoms with Crippen molar-refractivity contribution in [2.24, 2.45) is 0 Å². The average molecular weight is 351 g/mol. The van der Waals surface area contributed by atoms with E-state index in [0.717, 1.165) is 22.6 Å². The molecule has 2 aromatic rings. The van der Waals surface area contributed by atoms with Crippen molar-refractivity contribution in [1.29, 1.82) is 0 Å². The number of fused-ring (bicyclic) bond motifs is 1. The first-order valence-electron chi connectivity index (χ1n) is 7.73. The number of halogens is 3. The molecule has 0 aliphatic carbocycles. The molecular formula is C18H16F3NO3. The molecule has 0 aromatic heterocycles. The van der Waals surface area contributed by atoms with E-state index in [1.54, 1.807) is 24.3 Å². The second kappa shape index (κ2) is 6.76. The van der Waals surface area contributed by atoms with Crippen LogP contribution in [-0.2, 0) is 17.5 Å². The number of alkyl halides is 3. The van der Waals surface area contributed by atoms with Gasteiger partial charge in [-0.2, -0.15) is 13.2 Å². The molecule has 1 aliphatic rings. The summed E-state index contributed by atoms with van der Waals surface area (Å²) in [5.41, 5.74) is 0.223. The van der Waals surface area contributed by atoms with Crippen LogP contribution in [0.4, 0.5) is 23.7 Å². The Morgan fingerprint density at radius 3 is 2.60 bits per heavy atom. The lowest BCUT2D eigenvalue weighted by molar-refractivity contribution is -0.137. The summed E-state index contributed by atoms with van der Waals surface area (Å²) >= 11 is 0. The largest absolute Gasteiger partial charge is 0.444 e. The number of hydrogen-bond donors (Lipinski definition) is 1. The Bertz CT molecular complexity index is 762. The van der Waals surface area contributed by atoms with E-state index in [-0.39, 0.29) is 30.8 Å². The van der Waals surface area contributed by atoms with E-state index in [4.69, 9.17) is 4.74 Å². The number of hydrogen-bond acceptors (Lipinski definition) is 3. The number of aliphatic hydroxyl groups excluding tert-OH is 1. The highest BCUT2D eigenvalue weighted by Crippen LogP contribution is 2.39. The number of aliphatic hydroxyl groups is 1. The molecule has 3 rings (SSSR count). The molecule has 0 spiro atoms. The van der Waals surface area contributed by atoms with Crippen molar-refractivity contribution >= 4 is 11.8 Å². The van der Waals surface area contributed by atoms with E-state index in [9.17, 15) is 23.1 Å². The molecule has 1 N–H and O–H groups in total. The number of rotatable bonds is 2. The van der Waals surface area contributed by atoms with Crippen LogP contribution in [0.1, 0.15) is 29.2 Å². The Hall–Kier alpha value is -2.54. The highest BCUT2D eigenvalue weighted by molar-refractivity contribution is 5.89. The summed E-state index contributed by atoms with van der Waals surface area (Å²) in [5.74, 6) is 0. The van der Waals surface area contributed by atoms with Gasteiger partial charge in [0.1, 0.15) is 6.61 Å². The van der Waals surface area contributed by atoms with E-state index in [2.05, 4.69) is 0 Å². The Morgan fingerprint density at radius 2 is 1.92 bits per heavy atom. The molecule has 0 saturated carbocycles. The third kappa shape index (κ3) is 3.76. The van der Waals surface area contributed by atoms with E-state index >= 15 is 0 Å². The minimum atomic E-state index is -4.53. The maximum absolute atomic E-state index is 13.0. The lowest BCUT2D eigenvalue weighted by Gasteiger charge is -2.32. The van der Waals surface area contributed by atoms with Crippen molar-refractivity contribution in [2.75, 3.05) is 11.4 Å². The van der Waals surface area contributed by atoms with Crippen LogP contribution in [0.2, 0.25) is 0 Å². The summed E-state index contributed by atoms with van der Waals surface area (Å²) in [4.78, 5) is 13.5. The maximum atomic E-state index is 13.0. The normalized spacial score (nSPS) is 17.1. The van der Waals surface area contributed by atoms with Gasteiger partial charge in [-0.05, 0) is 24.1 Å². The van der Waals surface area contributed by atoms with Crippen molar-refractivity contribution in [2.45, 2.75) is 25.3 Å². The van der Waals surface area contributed by atoms with E-state index in [1.807, 2.05) is 6.07 Å². The molecule has 1 aliphatic heterocycles. The molecule has 1 atom stereocenters. The average Bonchev–Trinajstić information content (AvgIpc) is 2.60. The van der Waals surface area contributed by atoms with Gasteiger partial charge in [-0.15, -0.1) is 0 Å². The van der Waals surface area contributed by atoms with Crippen molar-refractivity contribution < 1.29 is 27.8 Å². The smallest absolute Gasteiger partial charge is 0.416 e. The quantitative estimate of drug-likeness (QED) is 0.878. The Labute approximate surface area is 142 Å². The minimum Gasteiger partial charge on any atom is -0.444 e. The van der Waals surface area contributed by atoms with Gasteiger partial charge in [0.2, 0.25) is 0 Å². The number of ether oxygens (including phenoxy) is 1. The molecule has 1 amide bonds. The summed E-state index contributed by atoms with van der Waals surface area (Å²) in [6.45, 7) is 0.107. The second-order valence-electron chi connectivity index (χ2n) is 5.77. The van der Waals surface area contributed by atoms with Crippen molar-refractivity contribution in [3.63, 3.8) is 0 Å². The van der Waals surface area contributed by atoms with Crippen LogP contribution in [-0.4, -0.2) is 17.7 Å². The number of amides is 1. The van der Waals surface area contributed by atoms with E-state index < -0.39 is 23.9 Å². The van der Waals surface area contributed by atoms with E-state index in [1.165, 1.54) is 6.07 Å². The van der Waals surface area contributed by atoms with Crippen LogP contribution < -0.4 is 4.90 Å². The molecule has 4 nitrogen and oxygen atoms in total. The van der Waals surface area contributed by atoms with Gasteiger partial charge >= 0.3 is 12.3 Å². The molecule has 0 bridgehead atoms. The SMILES string of the molecule is O=C(OCc1ccccc1)N1CCC(O)c2ccc(C(F)(F)F)cc21. The fourth-order valence-corrected chi connectivity index (χ4v) is 2.75. The molecule has 25 heavy (non-hydrogen) atoms. The first-order chi connectivity index (χ1) is 11.9. The van der Waals surface area contributed by atoms with Gasteiger partial charge in [0.15, 0.2) is 0 Å². The number of carbonyl (C=O) groups excluding carboxylic acids is 1. The zero-order chi connectivity index (χ0) is 18.0. The molecule has 1 heterocycles. The molecule has 2 aromatic carbocycles. The Morgan fingerprint density at radius 1 is 1.20 bits per heavy atom. The standard InChI is InChI=1S/C18H16F3NO3/c19-18(20,21)13-6-7-14-15(10-13)22(9-8-16(14)23)17(24)25-11-12-4-2-1-3-5-12/h1-7,10,16,23H,8-9,11H2. The fourth-order valence-electron chi connectivity index (χ4n) is 2.75. The Kier molecular flexibility index (Phi) is 4.67. The van der Waals surface area contributed by atoms with Gasteiger partial charge in [0.25, 0.3) is 0 Å². The molecule has 0 fully saturated rings. The third-order valence-corrected chi connectivity index (χ3v) is 4.06. The topological polar surface area (TPSA) is 49.8 Å². The van der Waals surface area contributed by atoms with Crippen LogP contribution in [0.3, 0.4) is 0 Å². The first-order valence-corrected chi connectivity index (χ1v) is 7.73. The molecule has 1 unspecified atom stereocenters. The van der Waals surface area contributed by atoms with Crippen LogP contribution in [0.15, 0.2) is 48.5 Å². The van der Waals surface area contributed by atoms with Gasteiger partial charge in [0.05, 0.1) is 17.4 Å². The molecule has 132 valence electrons. The number of benzene rings is 2. The number of nitrogens with zero attached hydrogens (tertiary/aromatic N) is 1. The van der Waals surface area contributed by atoms with Gasteiger partial charge in [-0.1, -0.05) is 36.4 Å². The van der Waals surface area contributed by atoms with Gasteiger partial charge in [-0.25, -0.2) is 4.79 Å². The summed E-state index contributed by atoms with van der Waals surface area (Å²) in [5, 5.41) is 10.0. The summed E-state index contributed by atoms with van der Waals surface area (Å²) in [6.07, 6.45) is -5.94. The van der Waals surface area contributed by atoms with E-state index in [0.29, 0.717) is 0 Å². The van der Waals surface area contributed by atoms with Gasteiger partial charge < -0.3 is 9.84 Å². The highest BCUT2D eigenvalue weighted by atomic mass is 19.4. The van der Waals surface area contributed by atoms with Gasteiger partial charge in [-0.3, -0.25) is 4.90 Å². The van der Waals surface area contributed by atoms with Crippen molar-refractivity contribution in [3.05, 3.63) is 65.2 Å². The fraction of sp³-hybridized carbons (Fsp3) is 0.278. The predicted octanol–water partition coefficient (Wildman–Crippen LogP) is 4.29. The zero-order valence-corrected chi connectivity index (χ0v) is 13.2. The molecular weight excluding hydrogens is 335 g/mol. The van der Waals surface area contributed by atoms with Crippen molar-refractivity contribution in [3.8, 4) is 0 Å². The number of carbonyl (C=O) groups is 1. The van der Waals surface area contributed by atoms with Crippen LogP contribution >= 0.6 is 0 Å². The van der Waals surface area contributed by atoms with Crippen LogP contribution in [0, 0.1) is 0 Å². The van der Waals surface area contributed by atoms with Crippen LogP contribution in [0.5, 0.6) is 0 Å². The highest BCUT2D eigenvalue weighted by Gasteiger charge is 2.35. The lowest BCUT2D eigenvalue weighted by atomic mass is 9.97. The van der Waals surface area contributed by atoms with Crippen LogP contribution in [0.25, 0.3) is 0 Å². The Balaban J connectivity index is 1.83. The minimum absolute atomic E-state index is 0.0209. The summed E-state index contributed by atoms with van der Waals surface area (Å²) < 4.78 is 44.1. The lowest BCUT2D eigenvalue weighted by Crippen LogP contribution is -2.37. The summed E-state index contributed by atoms with van der Waals surface area (Å²) in [6, 6.07) is 12.0. The monoisotopic (exact) mass is 351 g/mol. The summed E-state index contributed by atoms with van der Waals surface area (Å²) in [7, 11) is 0. The molecule has 0 saturated heterocycles. The van der Waals surface area contributed by atoms with Gasteiger partial charge in [0, 0.05) is 12.1 Å². The molecule has 7 heteroatoms. The second-order valence-corrected chi connectivity index (χ2v) is 5.77. The first kappa shape index (κ1) is 17.3. The predicted molar refractivity (Wildman–Crippen MR) is 85.0 cm³/mol. The maximum Gasteiger partial charge on any atom is 0.416 e. The number of anilines is 1. The third-order valence-electron chi connectivity index (χ3n) is 4.06. The van der Waals surface area contributed by atoms with Crippen molar-refractivity contribution in [1.82, 2.24) is 0 Å². The molecule has 0 radical (unpaired) electrons. The zero-order valence-electron chi connectivity index (χ0n) is 13.2.